The first kappa shape index (κ1) is 30.6. The summed E-state index contributed by atoms with van der Waals surface area (Å²) >= 11 is 3.63. The third kappa shape index (κ3) is 5.02. The van der Waals surface area contributed by atoms with E-state index in [4.69, 9.17) is 23.7 Å². The number of alkyl halides is 1. The maximum absolute atomic E-state index is 14.3. The molecule has 0 radical (unpaired) electrons. The minimum absolute atomic E-state index is 0.170. The Morgan fingerprint density at radius 1 is 0.911 bits per heavy atom. The topological polar surface area (TPSA) is 135 Å². The van der Waals surface area contributed by atoms with Crippen LogP contribution in [0.3, 0.4) is 0 Å². The lowest BCUT2D eigenvalue weighted by Crippen LogP contribution is -2.37. The maximum atomic E-state index is 14.3. The van der Waals surface area contributed by atoms with Gasteiger partial charge in [-0.1, -0.05) is 15.9 Å². The number of benzene rings is 2. The van der Waals surface area contributed by atoms with E-state index in [2.05, 4.69) is 25.9 Å². The first-order chi connectivity index (χ1) is 21.8. The Hall–Kier alpha value is -4.39. The molecule has 0 aliphatic carbocycles. The molecule has 2 aliphatic heterocycles. The van der Waals surface area contributed by atoms with Gasteiger partial charge < -0.3 is 43.5 Å². The van der Waals surface area contributed by atoms with Crippen molar-refractivity contribution in [2.24, 2.45) is 0 Å². The fourth-order valence-electron chi connectivity index (χ4n) is 6.52. The van der Waals surface area contributed by atoms with Gasteiger partial charge in [0.1, 0.15) is 5.69 Å². The van der Waals surface area contributed by atoms with Crippen molar-refractivity contribution in [1.82, 2.24) is 14.9 Å². The van der Waals surface area contributed by atoms with Crippen molar-refractivity contribution in [3.63, 3.8) is 0 Å². The van der Waals surface area contributed by atoms with Crippen molar-refractivity contribution in [2.45, 2.75) is 32.1 Å². The Balaban J connectivity index is 1.51. The normalized spacial score (nSPS) is 16.2. The number of nitrogens with one attached hydrogen (secondary N) is 2. The number of carbonyl (C=O) groups is 3. The molecule has 6 rings (SSSR count). The molecule has 2 aliphatic rings. The summed E-state index contributed by atoms with van der Waals surface area (Å²) in [5.74, 6) is 0.505. The number of aromatic amines is 2. The minimum Gasteiger partial charge on any atom is -0.493 e. The Kier molecular flexibility index (Phi) is 8.29. The molecule has 4 aromatic rings. The summed E-state index contributed by atoms with van der Waals surface area (Å²) in [6, 6.07) is 5.22. The van der Waals surface area contributed by atoms with Crippen LogP contribution in [0.5, 0.6) is 23.0 Å². The fraction of sp³-hybridized carbons (Fsp3) is 0.406. The molecule has 1 atom stereocenters. The zero-order chi connectivity index (χ0) is 32.0. The van der Waals surface area contributed by atoms with Crippen LogP contribution in [-0.4, -0.2) is 86.2 Å². The number of aryl methyl sites for hydroxylation is 1. The lowest BCUT2D eigenvalue weighted by atomic mass is 9.95. The monoisotopic (exact) mass is 682 g/mol. The average molecular weight is 684 g/mol. The van der Waals surface area contributed by atoms with Crippen LogP contribution >= 0.6 is 15.9 Å². The number of fused-ring (bicyclic) bond motifs is 4. The summed E-state index contributed by atoms with van der Waals surface area (Å²) in [5, 5.41) is 1.79. The number of piperidine rings is 1. The Labute approximate surface area is 268 Å². The van der Waals surface area contributed by atoms with Gasteiger partial charge in [-0.25, -0.2) is 9.59 Å². The molecule has 0 spiro atoms. The SMILES string of the molecule is COC(=O)c1c(C)[nH]c2c(OC(=O)N3CCCCC3)cc3c(c12)C(CBr)CN3C(=O)c1cc2cc(OC)c(OC)c(OC)c2[nH]1. The molecule has 238 valence electrons. The van der Waals surface area contributed by atoms with E-state index in [1.54, 1.807) is 34.9 Å². The molecule has 1 unspecified atom stereocenters. The van der Waals surface area contributed by atoms with Crippen LogP contribution in [0.4, 0.5) is 10.5 Å². The third-order valence-corrected chi connectivity index (χ3v) is 9.41. The summed E-state index contributed by atoms with van der Waals surface area (Å²) in [5.41, 5.74) is 3.64. The van der Waals surface area contributed by atoms with Crippen LogP contribution < -0.4 is 23.8 Å². The first-order valence-electron chi connectivity index (χ1n) is 14.7. The molecule has 1 saturated heterocycles. The van der Waals surface area contributed by atoms with Gasteiger partial charge in [0, 0.05) is 53.4 Å². The lowest BCUT2D eigenvalue weighted by molar-refractivity contribution is 0.0602. The summed E-state index contributed by atoms with van der Waals surface area (Å²) in [6.07, 6.45) is 2.41. The van der Waals surface area contributed by atoms with Crippen LogP contribution in [0.1, 0.15) is 57.3 Å². The number of carbonyl (C=O) groups excluding carboxylic acids is 3. The number of likely N-dealkylation sites (tertiary alicyclic amines) is 1. The number of amides is 2. The fourth-order valence-corrected chi connectivity index (χ4v) is 7.05. The first-order valence-corrected chi connectivity index (χ1v) is 15.8. The van der Waals surface area contributed by atoms with Crippen molar-refractivity contribution >= 4 is 61.4 Å². The van der Waals surface area contributed by atoms with E-state index in [1.165, 1.54) is 28.4 Å². The largest absolute Gasteiger partial charge is 0.493 e. The quantitative estimate of drug-likeness (QED) is 0.182. The highest BCUT2D eigenvalue weighted by atomic mass is 79.9. The number of halogens is 1. The number of ether oxygens (including phenoxy) is 5. The Morgan fingerprint density at radius 3 is 2.29 bits per heavy atom. The Bertz CT molecular complexity index is 1820. The van der Waals surface area contributed by atoms with Gasteiger partial charge in [-0.2, -0.15) is 0 Å². The van der Waals surface area contributed by atoms with Gasteiger partial charge in [0.25, 0.3) is 5.91 Å². The standard InChI is InChI=1S/C32H35BrN4O8/c1-16-23(31(39)44-5)25-24-18(14-33)15-37(20(24)13-21(27(25)34-16)45-32(40)36-9-7-6-8-10-36)30(38)19-11-17-12-22(41-2)28(42-3)29(43-4)26(17)35-19/h11-13,18,34-35H,6-10,14-15H2,1-5H3. The summed E-state index contributed by atoms with van der Waals surface area (Å²) in [7, 11) is 5.90. The van der Waals surface area contributed by atoms with Crippen molar-refractivity contribution in [1.29, 1.82) is 0 Å². The number of hydrogen-bond donors (Lipinski definition) is 2. The number of H-pyrrole nitrogens is 2. The second-order valence-electron chi connectivity index (χ2n) is 11.1. The zero-order valence-corrected chi connectivity index (χ0v) is 27.4. The molecular weight excluding hydrogens is 648 g/mol. The molecule has 1 fully saturated rings. The van der Waals surface area contributed by atoms with E-state index in [-0.39, 0.29) is 17.6 Å². The van der Waals surface area contributed by atoms with Crippen LogP contribution in [0, 0.1) is 6.92 Å². The molecule has 0 bridgehead atoms. The molecular formula is C32H35BrN4O8. The van der Waals surface area contributed by atoms with Gasteiger partial charge in [-0.3, -0.25) is 4.79 Å². The third-order valence-electron chi connectivity index (χ3n) is 8.63. The highest BCUT2D eigenvalue weighted by Gasteiger charge is 2.39. The van der Waals surface area contributed by atoms with E-state index in [0.29, 0.717) is 86.7 Å². The van der Waals surface area contributed by atoms with E-state index < -0.39 is 12.1 Å². The number of methoxy groups -OCH3 is 4. The number of esters is 1. The highest BCUT2D eigenvalue weighted by Crippen LogP contribution is 2.49. The molecule has 13 heteroatoms. The second-order valence-corrected chi connectivity index (χ2v) is 11.8. The minimum atomic E-state index is -0.524. The number of nitrogens with zero attached hydrogens (tertiary/aromatic N) is 2. The maximum Gasteiger partial charge on any atom is 0.415 e. The number of anilines is 1. The van der Waals surface area contributed by atoms with E-state index >= 15 is 0 Å². The lowest BCUT2D eigenvalue weighted by Gasteiger charge is -2.26. The van der Waals surface area contributed by atoms with Crippen LogP contribution in [-0.2, 0) is 4.74 Å². The second kappa shape index (κ2) is 12.2. The average Bonchev–Trinajstić information content (AvgIpc) is 3.76. The highest BCUT2D eigenvalue weighted by molar-refractivity contribution is 9.09. The smallest absolute Gasteiger partial charge is 0.415 e. The van der Waals surface area contributed by atoms with E-state index in [9.17, 15) is 14.4 Å². The van der Waals surface area contributed by atoms with Gasteiger partial charge >= 0.3 is 12.1 Å². The van der Waals surface area contributed by atoms with E-state index in [0.717, 1.165) is 24.8 Å². The van der Waals surface area contributed by atoms with Gasteiger partial charge in [-0.15, -0.1) is 0 Å². The van der Waals surface area contributed by atoms with Crippen molar-refractivity contribution in [2.75, 3.05) is 58.3 Å². The van der Waals surface area contributed by atoms with Crippen LogP contribution in [0.2, 0.25) is 0 Å². The Morgan fingerprint density at radius 2 is 1.64 bits per heavy atom. The summed E-state index contributed by atoms with van der Waals surface area (Å²) in [6.45, 7) is 3.32. The molecule has 2 aromatic heterocycles. The predicted octanol–water partition coefficient (Wildman–Crippen LogP) is 5.89. The molecule has 45 heavy (non-hydrogen) atoms. The molecule has 2 amide bonds. The van der Waals surface area contributed by atoms with Crippen LogP contribution in [0.25, 0.3) is 21.8 Å². The number of aromatic nitrogens is 2. The van der Waals surface area contributed by atoms with Gasteiger partial charge in [0.15, 0.2) is 17.2 Å². The number of rotatable bonds is 7. The zero-order valence-electron chi connectivity index (χ0n) is 25.8. The molecule has 12 nitrogen and oxygen atoms in total. The number of hydrogen-bond acceptors (Lipinski definition) is 8. The van der Waals surface area contributed by atoms with Crippen molar-refractivity contribution < 1.29 is 38.1 Å². The van der Waals surface area contributed by atoms with E-state index in [1.807, 2.05) is 0 Å². The van der Waals surface area contributed by atoms with Gasteiger partial charge in [-0.05, 0) is 43.9 Å². The summed E-state index contributed by atoms with van der Waals surface area (Å²) in [4.78, 5) is 50.5. The molecule has 2 N–H and O–H groups in total. The molecule has 4 heterocycles. The van der Waals surface area contributed by atoms with Crippen LogP contribution in [0.15, 0.2) is 18.2 Å². The predicted molar refractivity (Wildman–Crippen MR) is 172 cm³/mol. The van der Waals surface area contributed by atoms with Gasteiger partial charge in [0.2, 0.25) is 5.75 Å². The van der Waals surface area contributed by atoms with Crippen molar-refractivity contribution in [3.8, 4) is 23.0 Å². The van der Waals surface area contributed by atoms with Gasteiger partial charge in [0.05, 0.1) is 50.7 Å². The summed E-state index contributed by atoms with van der Waals surface area (Å²) < 4.78 is 27.8. The van der Waals surface area contributed by atoms with Crippen molar-refractivity contribution in [3.05, 3.63) is 40.7 Å². The molecule has 0 saturated carbocycles. The molecule has 2 aromatic carbocycles.